The van der Waals surface area contributed by atoms with Crippen molar-refractivity contribution in [2.24, 2.45) is 0 Å². The van der Waals surface area contributed by atoms with Gasteiger partial charge in [-0.3, -0.25) is 19.3 Å². The Morgan fingerprint density at radius 2 is 1.65 bits per heavy atom. The van der Waals surface area contributed by atoms with E-state index < -0.39 is 0 Å². The minimum absolute atomic E-state index is 0.147. The van der Waals surface area contributed by atoms with Crippen molar-refractivity contribution in [1.29, 1.82) is 0 Å². The van der Waals surface area contributed by atoms with E-state index in [9.17, 15) is 14.4 Å². The van der Waals surface area contributed by atoms with Gasteiger partial charge in [0.2, 0.25) is 5.91 Å². The number of nitrogens with one attached hydrogen (secondary N) is 2. The highest BCUT2D eigenvalue weighted by Gasteiger charge is 2.25. The zero-order valence-corrected chi connectivity index (χ0v) is 18.8. The van der Waals surface area contributed by atoms with Crippen LogP contribution in [0.5, 0.6) is 5.75 Å². The van der Waals surface area contributed by atoms with Crippen molar-refractivity contribution in [3.8, 4) is 5.75 Å². The van der Waals surface area contributed by atoms with Crippen molar-refractivity contribution in [2.45, 2.75) is 0 Å². The molecule has 9 heteroatoms. The van der Waals surface area contributed by atoms with Crippen LogP contribution in [0, 0.1) is 0 Å². The molecule has 0 spiro atoms. The molecule has 1 aliphatic rings. The van der Waals surface area contributed by atoms with Crippen molar-refractivity contribution in [1.82, 2.24) is 9.80 Å². The molecule has 2 heterocycles. The number of benzene rings is 2. The molecular weight excluding hydrogens is 436 g/mol. The Labute approximate surface area is 197 Å². The number of carbonyl (C=O) groups is 3. The number of para-hydroxylation sites is 1. The highest BCUT2D eigenvalue weighted by molar-refractivity contribution is 6.10. The SMILES string of the molecule is COc1ccc(NC(=O)c2ccccc2NC(=O)CN2CCN(C(=O)c3ccco3)CC2)cc1. The number of methoxy groups -OCH3 is 1. The van der Waals surface area contributed by atoms with Gasteiger partial charge in [0, 0.05) is 31.9 Å². The molecule has 34 heavy (non-hydrogen) atoms. The summed E-state index contributed by atoms with van der Waals surface area (Å²) in [5.74, 6) is 0.306. The van der Waals surface area contributed by atoms with Crippen molar-refractivity contribution < 1.29 is 23.5 Å². The lowest BCUT2D eigenvalue weighted by atomic mass is 10.1. The molecule has 1 fully saturated rings. The first-order valence-electron chi connectivity index (χ1n) is 10.9. The lowest BCUT2D eigenvalue weighted by Crippen LogP contribution is -2.50. The fourth-order valence-electron chi connectivity index (χ4n) is 3.72. The Bertz CT molecular complexity index is 1140. The minimum Gasteiger partial charge on any atom is -0.497 e. The van der Waals surface area contributed by atoms with Gasteiger partial charge in [0.1, 0.15) is 5.75 Å². The van der Waals surface area contributed by atoms with Crippen LogP contribution in [0.1, 0.15) is 20.9 Å². The van der Waals surface area contributed by atoms with Gasteiger partial charge >= 0.3 is 0 Å². The smallest absolute Gasteiger partial charge is 0.289 e. The number of rotatable bonds is 7. The summed E-state index contributed by atoms with van der Waals surface area (Å²) < 4.78 is 10.3. The Morgan fingerprint density at radius 1 is 0.912 bits per heavy atom. The quantitative estimate of drug-likeness (QED) is 0.560. The van der Waals surface area contributed by atoms with E-state index >= 15 is 0 Å². The van der Waals surface area contributed by atoms with Gasteiger partial charge in [0.15, 0.2) is 5.76 Å². The summed E-state index contributed by atoms with van der Waals surface area (Å²) in [6, 6.07) is 17.2. The maximum Gasteiger partial charge on any atom is 0.289 e. The molecule has 0 atom stereocenters. The number of carbonyl (C=O) groups excluding carboxylic acids is 3. The van der Waals surface area contributed by atoms with Gasteiger partial charge in [-0.2, -0.15) is 0 Å². The highest BCUT2D eigenvalue weighted by atomic mass is 16.5. The van der Waals surface area contributed by atoms with Gasteiger partial charge in [-0.05, 0) is 48.5 Å². The van der Waals surface area contributed by atoms with Crippen LogP contribution < -0.4 is 15.4 Å². The maximum atomic E-state index is 12.8. The summed E-state index contributed by atoms with van der Waals surface area (Å²) in [4.78, 5) is 41.6. The number of amides is 3. The fraction of sp³-hybridized carbons (Fsp3) is 0.240. The van der Waals surface area contributed by atoms with Crippen molar-refractivity contribution in [3.63, 3.8) is 0 Å². The standard InChI is InChI=1S/C25H26N4O5/c1-33-19-10-8-18(9-11-19)26-24(31)20-5-2-3-6-21(20)27-23(30)17-28-12-14-29(15-13-28)25(32)22-7-4-16-34-22/h2-11,16H,12-15,17H2,1H3,(H,26,31)(H,27,30). The Balaban J connectivity index is 1.31. The summed E-state index contributed by atoms with van der Waals surface area (Å²) in [6.45, 7) is 2.32. The lowest BCUT2D eigenvalue weighted by Gasteiger charge is -2.33. The van der Waals surface area contributed by atoms with E-state index in [2.05, 4.69) is 10.6 Å². The molecule has 0 radical (unpaired) electrons. The van der Waals surface area contributed by atoms with E-state index in [1.807, 2.05) is 4.90 Å². The van der Waals surface area contributed by atoms with Crippen LogP contribution in [-0.4, -0.2) is 67.4 Å². The Morgan fingerprint density at radius 3 is 2.32 bits per heavy atom. The molecule has 1 aromatic heterocycles. The highest BCUT2D eigenvalue weighted by Crippen LogP contribution is 2.20. The van der Waals surface area contributed by atoms with E-state index in [0.29, 0.717) is 54.6 Å². The summed E-state index contributed by atoms with van der Waals surface area (Å²) in [5.41, 5.74) is 1.42. The molecule has 2 aromatic carbocycles. The van der Waals surface area contributed by atoms with Gasteiger partial charge in [-0.1, -0.05) is 12.1 Å². The molecule has 4 rings (SSSR count). The number of piperazine rings is 1. The molecule has 2 N–H and O–H groups in total. The average molecular weight is 463 g/mol. The van der Waals surface area contributed by atoms with Gasteiger partial charge in [-0.15, -0.1) is 0 Å². The van der Waals surface area contributed by atoms with Crippen LogP contribution >= 0.6 is 0 Å². The predicted molar refractivity (Wildman–Crippen MR) is 127 cm³/mol. The zero-order valence-electron chi connectivity index (χ0n) is 18.8. The predicted octanol–water partition coefficient (Wildman–Crippen LogP) is 2.94. The molecule has 0 aliphatic carbocycles. The third kappa shape index (κ3) is 5.62. The fourth-order valence-corrected chi connectivity index (χ4v) is 3.72. The van der Waals surface area contributed by atoms with Gasteiger partial charge in [-0.25, -0.2) is 0 Å². The third-order valence-electron chi connectivity index (χ3n) is 5.55. The second-order valence-electron chi connectivity index (χ2n) is 7.82. The second kappa shape index (κ2) is 10.7. The number of nitrogens with zero attached hydrogens (tertiary/aromatic N) is 2. The topological polar surface area (TPSA) is 104 Å². The van der Waals surface area contributed by atoms with Crippen LogP contribution in [0.25, 0.3) is 0 Å². The van der Waals surface area contributed by atoms with Crippen molar-refractivity contribution in [3.05, 3.63) is 78.3 Å². The van der Waals surface area contributed by atoms with Crippen LogP contribution in [0.15, 0.2) is 71.3 Å². The minimum atomic E-state index is -0.328. The van der Waals surface area contributed by atoms with E-state index in [1.165, 1.54) is 6.26 Å². The van der Waals surface area contributed by atoms with Crippen molar-refractivity contribution in [2.75, 3.05) is 50.5 Å². The normalized spacial score (nSPS) is 13.9. The number of ether oxygens (including phenoxy) is 1. The summed E-state index contributed by atoms with van der Waals surface area (Å²) in [7, 11) is 1.58. The summed E-state index contributed by atoms with van der Waals surface area (Å²) in [5, 5.41) is 5.67. The summed E-state index contributed by atoms with van der Waals surface area (Å²) in [6.07, 6.45) is 1.48. The van der Waals surface area contributed by atoms with Crippen LogP contribution in [0.3, 0.4) is 0 Å². The average Bonchev–Trinajstić information content (AvgIpc) is 3.40. The molecule has 0 saturated carbocycles. The monoisotopic (exact) mass is 462 g/mol. The number of furan rings is 1. The van der Waals surface area contributed by atoms with Crippen molar-refractivity contribution >= 4 is 29.1 Å². The molecule has 176 valence electrons. The molecule has 9 nitrogen and oxygen atoms in total. The molecule has 3 aromatic rings. The first-order valence-corrected chi connectivity index (χ1v) is 10.9. The van der Waals surface area contributed by atoms with Crippen LogP contribution in [0.4, 0.5) is 11.4 Å². The number of hydrogen-bond donors (Lipinski definition) is 2. The third-order valence-corrected chi connectivity index (χ3v) is 5.55. The Kier molecular flexibility index (Phi) is 7.24. The maximum absolute atomic E-state index is 12.8. The first kappa shape index (κ1) is 23.1. The molecule has 1 saturated heterocycles. The van der Waals surface area contributed by atoms with Gasteiger partial charge in [0.25, 0.3) is 11.8 Å². The van der Waals surface area contributed by atoms with E-state index in [-0.39, 0.29) is 24.3 Å². The van der Waals surface area contributed by atoms with Crippen LogP contribution in [0.2, 0.25) is 0 Å². The lowest BCUT2D eigenvalue weighted by molar-refractivity contribution is -0.117. The Hall–Kier alpha value is -4.11. The molecule has 0 bridgehead atoms. The number of anilines is 2. The van der Waals surface area contributed by atoms with E-state index in [1.54, 1.807) is 72.7 Å². The largest absolute Gasteiger partial charge is 0.497 e. The number of hydrogen-bond acceptors (Lipinski definition) is 6. The van der Waals surface area contributed by atoms with E-state index in [0.717, 1.165) is 0 Å². The molecule has 1 aliphatic heterocycles. The molecule has 0 unspecified atom stereocenters. The second-order valence-corrected chi connectivity index (χ2v) is 7.82. The zero-order chi connectivity index (χ0) is 23.9. The molecule has 3 amide bonds. The molecular formula is C25H26N4O5. The van der Waals surface area contributed by atoms with Crippen LogP contribution in [-0.2, 0) is 4.79 Å². The van der Waals surface area contributed by atoms with E-state index in [4.69, 9.17) is 9.15 Å². The first-order chi connectivity index (χ1) is 16.5. The van der Waals surface area contributed by atoms with Gasteiger partial charge < -0.3 is 24.7 Å². The van der Waals surface area contributed by atoms with Gasteiger partial charge in [0.05, 0.1) is 31.2 Å². The summed E-state index contributed by atoms with van der Waals surface area (Å²) >= 11 is 0.